The zero-order valence-corrected chi connectivity index (χ0v) is 11.7. The van der Waals surface area contributed by atoms with Crippen molar-refractivity contribution in [1.29, 1.82) is 0 Å². The van der Waals surface area contributed by atoms with E-state index < -0.39 is 0 Å². The minimum atomic E-state index is 0.539. The molecule has 2 aromatic rings. The maximum absolute atomic E-state index is 3.71. The van der Waals surface area contributed by atoms with E-state index >= 15 is 0 Å². The Morgan fingerprint density at radius 3 is 2.53 bits per heavy atom. The van der Waals surface area contributed by atoms with Gasteiger partial charge in [-0.2, -0.15) is 0 Å². The van der Waals surface area contributed by atoms with Crippen LogP contribution in [-0.4, -0.2) is 6.54 Å². The van der Waals surface area contributed by atoms with Crippen molar-refractivity contribution in [2.75, 3.05) is 6.54 Å². The average molecular weight is 253 g/mol. The molecule has 0 aromatic heterocycles. The lowest BCUT2D eigenvalue weighted by Crippen LogP contribution is -2.26. The fourth-order valence-corrected chi connectivity index (χ4v) is 3.47. The summed E-state index contributed by atoms with van der Waals surface area (Å²) in [5.41, 5.74) is 1.47. The second-order valence-electron chi connectivity index (χ2n) is 5.69. The number of hydrogen-bond acceptors (Lipinski definition) is 1. The first-order chi connectivity index (χ1) is 9.38. The number of fused-ring (bicyclic) bond motifs is 1. The van der Waals surface area contributed by atoms with E-state index in [0.29, 0.717) is 6.04 Å². The summed E-state index contributed by atoms with van der Waals surface area (Å²) in [4.78, 5) is 0. The molecule has 3 rings (SSSR count). The summed E-state index contributed by atoms with van der Waals surface area (Å²) < 4.78 is 0. The SMILES string of the molecule is CCNC(c1ccc2ccccc2c1)C1CCCC1. The van der Waals surface area contributed by atoms with Crippen molar-refractivity contribution in [1.82, 2.24) is 5.32 Å². The van der Waals surface area contributed by atoms with Crippen molar-refractivity contribution in [3.8, 4) is 0 Å². The van der Waals surface area contributed by atoms with Crippen LogP contribution in [0.5, 0.6) is 0 Å². The molecule has 0 spiro atoms. The summed E-state index contributed by atoms with van der Waals surface area (Å²) in [5.74, 6) is 0.820. The molecule has 0 bridgehead atoms. The Labute approximate surface area is 116 Å². The third-order valence-electron chi connectivity index (χ3n) is 4.43. The third kappa shape index (κ3) is 2.66. The van der Waals surface area contributed by atoms with Gasteiger partial charge in [0, 0.05) is 6.04 Å². The van der Waals surface area contributed by atoms with Crippen molar-refractivity contribution >= 4 is 10.8 Å². The zero-order valence-electron chi connectivity index (χ0n) is 11.7. The monoisotopic (exact) mass is 253 g/mol. The minimum absolute atomic E-state index is 0.539. The molecule has 1 heteroatoms. The van der Waals surface area contributed by atoms with Gasteiger partial charge in [-0.25, -0.2) is 0 Å². The second-order valence-corrected chi connectivity index (χ2v) is 5.69. The first-order valence-electron chi connectivity index (χ1n) is 7.60. The number of hydrogen-bond donors (Lipinski definition) is 1. The molecule has 0 heterocycles. The van der Waals surface area contributed by atoms with Crippen LogP contribution in [0.25, 0.3) is 10.8 Å². The fraction of sp³-hybridized carbons (Fsp3) is 0.444. The molecule has 1 fully saturated rings. The predicted octanol–water partition coefficient (Wildman–Crippen LogP) is 4.68. The second kappa shape index (κ2) is 5.75. The molecule has 0 radical (unpaired) electrons. The van der Waals surface area contributed by atoms with Crippen LogP contribution in [-0.2, 0) is 0 Å². The van der Waals surface area contributed by atoms with Gasteiger partial charge in [-0.15, -0.1) is 0 Å². The smallest absolute Gasteiger partial charge is 0.0348 e. The van der Waals surface area contributed by atoms with Crippen LogP contribution in [0.2, 0.25) is 0 Å². The van der Waals surface area contributed by atoms with E-state index in [0.717, 1.165) is 12.5 Å². The number of rotatable bonds is 4. The van der Waals surface area contributed by atoms with Crippen molar-refractivity contribution in [3.05, 3.63) is 48.0 Å². The Balaban J connectivity index is 1.94. The lowest BCUT2D eigenvalue weighted by atomic mass is 9.90. The molecule has 100 valence electrons. The van der Waals surface area contributed by atoms with E-state index in [9.17, 15) is 0 Å². The van der Waals surface area contributed by atoms with Gasteiger partial charge in [0.05, 0.1) is 0 Å². The molecule has 19 heavy (non-hydrogen) atoms. The Morgan fingerprint density at radius 1 is 1.05 bits per heavy atom. The molecule has 1 N–H and O–H groups in total. The highest BCUT2D eigenvalue weighted by molar-refractivity contribution is 5.83. The summed E-state index contributed by atoms with van der Waals surface area (Å²) in [5, 5.41) is 6.41. The quantitative estimate of drug-likeness (QED) is 0.834. The highest BCUT2D eigenvalue weighted by Gasteiger charge is 2.25. The molecule has 0 saturated heterocycles. The molecule has 0 amide bonds. The van der Waals surface area contributed by atoms with Gasteiger partial charge in [-0.1, -0.05) is 56.2 Å². The summed E-state index contributed by atoms with van der Waals surface area (Å²) >= 11 is 0. The maximum Gasteiger partial charge on any atom is 0.0348 e. The summed E-state index contributed by atoms with van der Waals surface area (Å²) in [6, 6.07) is 16.1. The molecule has 1 atom stereocenters. The van der Waals surface area contributed by atoms with Gasteiger partial charge in [0.25, 0.3) is 0 Å². The van der Waals surface area contributed by atoms with Gasteiger partial charge in [-0.3, -0.25) is 0 Å². The predicted molar refractivity (Wildman–Crippen MR) is 82.3 cm³/mol. The summed E-state index contributed by atoms with van der Waals surface area (Å²) in [6.45, 7) is 3.26. The van der Waals surface area contributed by atoms with E-state index in [4.69, 9.17) is 0 Å². The molecule has 1 aliphatic carbocycles. The van der Waals surface area contributed by atoms with Gasteiger partial charge in [0.1, 0.15) is 0 Å². The highest BCUT2D eigenvalue weighted by Crippen LogP contribution is 2.36. The van der Waals surface area contributed by atoms with E-state index in [1.54, 1.807) is 0 Å². The van der Waals surface area contributed by atoms with Gasteiger partial charge < -0.3 is 5.32 Å². The lowest BCUT2D eigenvalue weighted by Gasteiger charge is -2.25. The van der Waals surface area contributed by atoms with Crippen LogP contribution in [0.15, 0.2) is 42.5 Å². The van der Waals surface area contributed by atoms with Crippen LogP contribution >= 0.6 is 0 Å². The Morgan fingerprint density at radius 2 is 1.79 bits per heavy atom. The first-order valence-corrected chi connectivity index (χ1v) is 7.60. The minimum Gasteiger partial charge on any atom is -0.310 e. The topological polar surface area (TPSA) is 12.0 Å². The van der Waals surface area contributed by atoms with Crippen molar-refractivity contribution in [2.45, 2.75) is 38.6 Å². The van der Waals surface area contributed by atoms with Crippen molar-refractivity contribution in [3.63, 3.8) is 0 Å². The number of benzene rings is 2. The Hall–Kier alpha value is -1.34. The molecular formula is C18H23N. The van der Waals surface area contributed by atoms with E-state index in [-0.39, 0.29) is 0 Å². The van der Waals surface area contributed by atoms with Crippen molar-refractivity contribution < 1.29 is 0 Å². The van der Waals surface area contributed by atoms with Crippen LogP contribution < -0.4 is 5.32 Å². The van der Waals surface area contributed by atoms with E-state index in [1.165, 1.54) is 42.0 Å². The summed E-state index contributed by atoms with van der Waals surface area (Å²) in [7, 11) is 0. The standard InChI is InChI=1S/C18H23N/c1-2-19-18(15-8-4-5-9-15)17-12-11-14-7-3-6-10-16(14)13-17/h3,6-7,10-13,15,18-19H,2,4-5,8-9H2,1H3. The summed E-state index contributed by atoms with van der Waals surface area (Å²) in [6.07, 6.45) is 5.56. The van der Waals surface area contributed by atoms with Crippen LogP contribution in [0.4, 0.5) is 0 Å². The zero-order chi connectivity index (χ0) is 13.1. The largest absolute Gasteiger partial charge is 0.310 e. The number of nitrogens with one attached hydrogen (secondary N) is 1. The third-order valence-corrected chi connectivity index (χ3v) is 4.43. The Kier molecular flexibility index (Phi) is 3.84. The van der Waals surface area contributed by atoms with Crippen LogP contribution in [0.1, 0.15) is 44.2 Å². The lowest BCUT2D eigenvalue weighted by molar-refractivity contribution is 0.375. The van der Waals surface area contributed by atoms with Gasteiger partial charge in [0.2, 0.25) is 0 Å². The highest BCUT2D eigenvalue weighted by atomic mass is 14.9. The molecule has 0 aliphatic heterocycles. The Bertz CT molecular complexity index is 540. The molecule has 1 aliphatic rings. The van der Waals surface area contributed by atoms with E-state index in [2.05, 4.69) is 54.7 Å². The van der Waals surface area contributed by atoms with Gasteiger partial charge in [0.15, 0.2) is 0 Å². The normalized spacial score (nSPS) is 17.9. The molecule has 2 aromatic carbocycles. The van der Waals surface area contributed by atoms with Crippen LogP contribution in [0.3, 0.4) is 0 Å². The fourth-order valence-electron chi connectivity index (χ4n) is 3.47. The first kappa shape index (κ1) is 12.7. The van der Waals surface area contributed by atoms with E-state index in [1.807, 2.05) is 0 Å². The molecule has 1 saturated carbocycles. The van der Waals surface area contributed by atoms with Crippen LogP contribution in [0, 0.1) is 5.92 Å². The van der Waals surface area contributed by atoms with Crippen molar-refractivity contribution in [2.24, 2.45) is 5.92 Å². The molecular weight excluding hydrogens is 230 g/mol. The molecule has 1 unspecified atom stereocenters. The average Bonchev–Trinajstić information content (AvgIpc) is 2.98. The molecule has 1 nitrogen and oxygen atoms in total. The van der Waals surface area contributed by atoms with Gasteiger partial charge >= 0.3 is 0 Å². The maximum atomic E-state index is 3.71. The van der Waals surface area contributed by atoms with Gasteiger partial charge in [-0.05, 0) is 47.7 Å².